The molecule has 1 atom stereocenters. The third-order valence-electron chi connectivity index (χ3n) is 3.14. The van der Waals surface area contributed by atoms with Gasteiger partial charge in [0.2, 0.25) is 0 Å². The minimum atomic E-state index is -2.81. The number of hydrogen-bond acceptors (Lipinski definition) is 5. The van der Waals surface area contributed by atoms with Gasteiger partial charge in [-0.1, -0.05) is 0 Å². The molecule has 1 aliphatic heterocycles. The van der Waals surface area contributed by atoms with Crippen molar-refractivity contribution >= 4 is 9.84 Å². The van der Waals surface area contributed by atoms with Gasteiger partial charge in [-0.15, -0.1) is 0 Å². The molecular weight excluding hydrogens is 242 g/mol. The molecule has 0 saturated carbocycles. The van der Waals surface area contributed by atoms with Crippen LogP contribution in [0.4, 0.5) is 0 Å². The van der Waals surface area contributed by atoms with Crippen LogP contribution in [0.25, 0.3) is 0 Å². The molecular formula is C11H17NO4S. The number of hydrogen-bond donors (Lipinski definition) is 1. The Bertz CT molecular complexity index is 463. The molecule has 0 amide bonds. The third kappa shape index (κ3) is 3.29. The molecule has 0 bridgehead atoms. The van der Waals surface area contributed by atoms with E-state index in [9.17, 15) is 13.5 Å². The summed E-state index contributed by atoms with van der Waals surface area (Å²) in [6.07, 6.45) is 2.84. The summed E-state index contributed by atoms with van der Waals surface area (Å²) >= 11 is 0. The summed E-state index contributed by atoms with van der Waals surface area (Å²) < 4.78 is 27.8. The van der Waals surface area contributed by atoms with Crippen LogP contribution in [0.1, 0.15) is 37.5 Å². The van der Waals surface area contributed by atoms with Gasteiger partial charge in [0.1, 0.15) is 21.8 Å². The highest BCUT2D eigenvalue weighted by Crippen LogP contribution is 2.23. The van der Waals surface area contributed by atoms with Crippen LogP contribution in [0, 0.1) is 5.92 Å². The number of aliphatic hydroxyl groups excluding tert-OH is 1. The Hall–Kier alpha value is -0.880. The average molecular weight is 259 g/mol. The second kappa shape index (κ2) is 4.78. The molecule has 1 aromatic heterocycles. The molecule has 0 radical (unpaired) electrons. The first kappa shape index (κ1) is 12.6. The summed E-state index contributed by atoms with van der Waals surface area (Å²) in [5.74, 6) is 1.44. The highest BCUT2D eigenvalue weighted by Gasteiger charge is 2.25. The quantitative estimate of drug-likeness (QED) is 0.879. The molecule has 96 valence electrons. The van der Waals surface area contributed by atoms with Crippen LogP contribution in [-0.4, -0.2) is 30.0 Å². The zero-order valence-corrected chi connectivity index (χ0v) is 10.6. The molecule has 2 heterocycles. The van der Waals surface area contributed by atoms with Gasteiger partial charge in [0, 0.05) is 6.42 Å². The largest absolute Gasteiger partial charge is 0.449 e. The highest BCUT2D eigenvalue weighted by molar-refractivity contribution is 7.91. The summed E-state index contributed by atoms with van der Waals surface area (Å²) in [5.41, 5.74) is 0.531. The zero-order chi connectivity index (χ0) is 12.5. The third-order valence-corrected chi connectivity index (χ3v) is 4.85. The second-order valence-electron chi connectivity index (χ2n) is 4.64. The van der Waals surface area contributed by atoms with Crippen molar-refractivity contribution in [1.29, 1.82) is 0 Å². The van der Waals surface area contributed by atoms with Crippen molar-refractivity contribution < 1.29 is 17.9 Å². The van der Waals surface area contributed by atoms with Crippen LogP contribution in [0.3, 0.4) is 0 Å². The topological polar surface area (TPSA) is 80.4 Å². The summed E-state index contributed by atoms with van der Waals surface area (Å²) in [5, 5.41) is 9.31. The van der Waals surface area contributed by atoms with E-state index in [1.54, 1.807) is 6.92 Å². The van der Waals surface area contributed by atoms with E-state index < -0.39 is 15.9 Å². The number of nitrogens with zero attached hydrogens (tertiary/aromatic N) is 1. The van der Waals surface area contributed by atoms with E-state index in [2.05, 4.69) is 4.98 Å². The van der Waals surface area contributed by atoms with Gasteiger partial charge < -0.3 is 9.52 Å². The number of rotatable bonds is 3. The molecule has 6 heteroatoms. The Labute approximate surface area is 101 Å². The van der Waals surface area contributed by atoms with Crippen molar-refractivity contribution in [3.63, 3.8) is 0 Å². The molecule has 17 heavy (non-hydrogen) atoms. The van der Waals surface area contributed by atoms with Gasteiger partial charge in [0.15, 0.2) is 5.89 Å². The van der Waals surface area contributed by atoms with Gasteiger partial charge in [0.25, 0.3) is 0 Å². The lowest BCUT2D eigenvalue weighted by atomic mass is 9.99. The minimum absolute atomic E-state index is 0.266. The Morgan fingerprint density at radius 2 is 2.18 bits per heavy atom. The van der Waals surface area contributed by atoms with Gasteiger partial charge in [0.05, 0.1) is 17.6 Å². The Morgan fingerprint density at radius 1 is 1.53 bits per heavy atom. The maximum absolute atomic E-state index is 11.3. The lowest BCUT2D eigenvalue weighted by molar-refractivity contribution is 0.194. The number of sulfone groups is 1. The van der Waals surface area contributed by atoms with E-state index in [0.29, 0.717) is 36.8 Å². The second-order valence-corrected chi connectivity index (χ2v) is 6.95. The van der Waals surface area contributed by atoms with Crippen molar-refractivity contribution in [3.05, 3.63) is 17.8 Å². The first-order valence-electron chi connectivity index (χ1n) is 5.79. The van der Waals surface area contributed by atoms with E-state index in [1.165, 1.54) is 6.26 Å². The Morgan fingerprint density at radius 3 is 2.71 bits per heavy atom. The fourth-order valence-corrected chi connectivity index (χ4v) is 3.59. The number of aliphatic hydroxyl groups is 1. The van der Waals surface area contributed by atoms with Crippen LogP contribution < -0.4 is 0 Å². The summed E-state index contributed by atoms with van der Waals surface area (Å²) in [6, 6.07) is 0. The molecule has 0 aliphatic carbocycles. The molecule has 1 aromatic rings. The molecule has 0 aromatic carbocycles. The molecule has 1 unspecified atom stereocenters. The van der Waals surface area contributed by atoms with Crippen molar-refractivity contribution in [2.75, 3.05) is 11.5 Å². The molecule has 1 N–H and O–H groups in total. The molecule has 5 nitrogen and oxygen atoms in total. The maximum atomic E-state index is 11.3. The van der Waals surface area contributed by atoms with E-state index in [-0.39, 0.29) is 11.5 Å². The molecule has 0 spiro atoms. The van der Waals surface area contributed by atoms with Crippen LogP contribution >= 0.6 is 0 Å². The maximum Gasteiger partial charge on any atom is 0.194 e. The Balaban J connectivity index is 1.93. The van der Waals surface area contributed by atoms with E-state index in [1.807, 2.05) is 0 Å². The predicted molar refractivity (Wildman–Crippen MR) is 62.2 cm³/mol. The lowest BCUT2D eigenvalue weighted by Gasteiger charge is -2.20. The number of aromatic nitrogens is 1. The molecule has 2 rings (SSSR count). The van der Waals surface area contributed by atoms with Crippen molar-refractivity contribution in [1.82, 2.24) is 4.98 Å². The van der Waals surface area contributed by atoms with Crippen molar-refractivity contribution in [2.45, 2.75) is 32.3 Å². The van der Waals surface area contributed by atoms with E-state index >= 15 is 0 Å². The molecule has 1 fully saturated rings. The van der Waals surface area contributed by atoms with Gasteiger partial charge in [-0.2, -0.15) is 0 Å². The SMILES string of the molecule is CC(O)c1coc(CC2CCS(=O)(=O)CC2)n1. The van der Waals surface area contributed by atoms with Crippen LogP contribution in [0.15, 0.2) is 10.7 Å². The summed E-state index contributed by atoms with van der Waals surface area (Å²) in [4.78, 5) is 4.17. The van der Waals surface area contributed by atoms with Crippen molar-refractivity contribution in [3.8, 4) is 0 Å². The highest BCUT2D eigenvalue weighted by atomic mass is 32.2. The zero-order valence-electron chi connectivity index (χ0n) is 9.80. The fraction of sp³-hybridized carbons (Fsp3) is 0.727. The van der Waals surface area contributed by atoms with Gasteiger partial charge in [-0.3, -0.25) is 0 Å². The van der Waals surface area contributed by atoms with Crippen LogP contribution in [0.2, 0.25) is 0 Å². The summed E-state index contributed by atoms with van der Waals surface area (Å²) in [6.45, 7) is 1.63. The fourth-order valence-electron chi connectivity index (χ4n) is 2.00. The predicted octanol–water partition coefficient (Wildman–Crippen LogP) is 1.10. The van der Waals surface area contributed by atoms with Gasteiger partial charge in [-0.25, -0.2) is 13.4 Å². The number of oxazole rings is 1. The molecule has 1 saturated heterocycles. The van der Waals surface area contributed by atoms with Crippen LogP contribution in [-0.2, 0) is 16.3 Å². The van der Waals surface area contributed by atoms with Crippen molar-refractivity contribution in [2.24, 2.45) is 5.92 Å². The van der Waals surface area contributed by atoms with Crippen LogP contribution in [0.5, 0.6) is 0 Å². The standard InChI is InChI=1S/C11H17NO4S/c1-8(13)10-7-16-11(12-10)6-9-2-4-17(14,15)5-3-9/h7-9,13H,2-6H2,1H3. The first-order valence-corrected chi connectivity index (χ1v) is 7.61. The smallest absolute Gasteiger partial charge is 0.194 e. The summed E-state index contributed by atoms with van der Waals surface area (Å²) in [7, 11) is -2.81. The minimum Gasteiger partial charge on any atom is -0.449 e. The van der Waals surface area contributed by atoms with Gasteiger partial charge >= 0.3 is 0 Å². The monoisotopic (exact) mass is 259 g/mol. The molecule has 1 aliphatic rings. The lowest BCUT2D eigenvalue weighted by Crippen LogP contribution is -2.24. The van der Waals surface area contributed by atoms with Gasteiger partial charge in [-0.05, 0) is 25.7 Å². The normalized spacial score (nSPS) is 22.5. The van der Waals surface area contributed by atoms with E-state index in [4.69, 9.17) is 4.42 Å². The Kier molecular flexibility index (Phi) is 3.53. The van der Waals surface area contributed by atoms with E-state index in [0.717, 1.165) is 0 Å². The average Bonchev–Trinajstić information content (AvgIpc) is 2.70. The first-order chi connectivity index (χ1) is 7.96.